The Hall–Kier alpha value is -3.24. The molecule has 10 heteroatoms. The van der Waals surface area contributed by atoms with E-state index in [1.54, 1.807) is 18.2 Å². The molecule has 0 spiro atoms. The van der Waals surface area contributed by atoms with Gasteiger partial charge in [0, 0.05) is 5.39 Å². The van der Waals surface area contributed by atoms with E-state index >= 15 is 0 Å². The summed E-state index contributed by atoms with van der Waals surface area (Å²) in [7, 11) is -4.77. The Kier molecular flexibility index (Phi) is 5.75. The van der Waals surface area contributed by atoms with E-state index in [2.05, 4.69) is 0 Å². The maximum atomic E-state index is 13.1. The number of hydroxylamine groups is 2. The molecule has 1 aliphatic rings. The molecule has 3 aromatic carbocycles. The van der Waals surface area contributed by atoms with Gasteiger partial charge in [0.1, 0.15) is 0 Å². The number of unbranched alkanes of at least 4 members (excludes halogenated alkanes) is 1. The molecule has 6 nitrogen and oxygen atoms in total. The van der Waals surface area contributed by atoms with Gasteiger partial charge in [-0.15, -0.1) is 9.35 Å². The molecule has 1 heterocycles. The second-order valence-electron chi connectivity index (χ2n) is 7.61. The third kappa shape index (κ3) is 4.23. The molecule has 172 valence electrons. The summed E-state index contributed by atoms with van der Waals surface area (Å²) in [5, 5.41) is 1.22. The molecule has 3 aromatic rings. The van der Waals surface area contributed by atoms with E-state index in [1.807, 2.05) is 13.0 Å². The van der Waals surface area contributed by atoms with Crippen molar-refractivity contribution in [2.45, 2.75) is 37.3 Å². The van der Waals surface area contributed by atoms with Crippen molar-refractivity contribution >= 4 is 32.7 Å². The molecule has 0 aliphatic carbocycles. The van der Waals surface area contributed by atoms with E-state index in [0.717, 1.165) is 18.4 Å². The molecule has 0 radical (unpaired) electrons. The number of nitrogens with zero attached hydrogens (tertiary/aromatic N) is 1. The molecule has 0 fully saturated rings. The van der Waals surface area contributed by atoms with Crippen LogP contribution in [0.15, 0.2) is 59.5 Å². The highest BCUT2D eigenvalue weighted by Crippen LogP contribution is 2.34. The zero-order chi connectivity index (χ0) is 24.0. The number of amides is 2. The summed E-state index contributed by atoms with van der Waals surface area (Å²) >= 11 is 0. The number of hydrogen-bond donors (Lipinski definition) is 0. The Morgan fingerprint density at radius 2 is 1.61 bits per heavy atom. The van der Waals surface area contributed by atoms with Crippen LogP contribution in [-0.2, 0) is 27.0 Å². The number of aryl methyl sites for hydroxylation is 1. The Bertz CT molecular complexity index is 1370. The van der Waals surface area contributed by atoms with Gasteiger partial charge in [0.15, 0.2) is 0 Å². The molecule has 0 atom stereocenters. The number of alkyl halides is 3. The number of carbonyl (C=O) groups is 2. The largest absolute Gasteiger partial charge is 0.416 e. The van der Waals surface area contributed by atoms with Crippen LogP contribution < -0.4 is 0 Å². The standard InChI is InChI=1S/C23H18F3NO5S/c1-2-3-5-14-12-15-6-4-7-18-20(15)19(13-14)22(29)27(21(18)28)32-33(30,31)17-10-8-16(9-11-17)23(24,25)26/h4,6-13H,2-3,5H2,1H3. The highest BCUT2D eigenvalue weighted by Gasteiger charge is 2.38. The predicted molar refractivity (Wildman–Crippen MR) is 113 cm³/mol. The summed E-state index contributed by atoms with van der Waals surface area (Å²) in [4.78, 5) is 25.4. The lowest BCUT2D eigenvalue weighted by Gasteiger charge is -2.26. The molecular formula is C23H18F3NO5S. The molecular weight excluding hydrogens is 459 g/mol. The highest BCUT2D eigenvalue weighted by molar-refractivity contribution is 7.86. The van der Waals surface area contributed by atoms with Gasteiger partial charge in [0.2, 0.25) is 0 Å². The fourth-order valence-electron chi connectivity index (χ4n) is 3.69. The van der Waals surface area contributed by atoms with Gasteiger partial charge in [-0.2, -0.15) is 21.6 Å². The molecule has 33 heavy (non-hydrogen) atoms. The first-order valence-electron chi connectivity index (χ1n) is 10.1. The van der Waals surface area contributed by atoms with Gasteiger partial charge >= 0.3 is 16.3 Å². The van der Waals surface area contributed by atoms with Gasteiger partial charge in [-0.25, -0.2) is 0 Å². The lowest BCUT2D eigenvalue weighted by Crippen LogP contribution is -2.41. The smallest absolute Gasteiger partial charge is 0.266 e. The van der Waals surface area contributed by atoms with E-state index in [1.165, 1.54) is 6.07 Å². The van der Waals surface area contributed by atoms with Gasteiger partial charge in [-0.05, 0) is 60.2 Å². The number of rotatable bonds is 6. The minimum absolute atomic E-state index is 0.0896. The molecule has 1 aliphatic heterocycles. The first-order chi connectivity index (χ1) is 15.5. The quantitative estimate of drug-likeness (QED) is 0.461. The Morgan fingerprint density at radius 3 is 2.24 bits per heavy atom. The minimum Gasteiger partial charge on any atom is -0.266 e. The third-order valence-electron chi connectivity index (χ3n) is 5.33. The second-order valence-corrected chi connectivity index (χ2v) is 9.13. The minimum atomic E-state index is -4.77. The van der Waals surface area contributed by atoms with Gasteiger partial charge < -0.3 is 0 Å². The monoisotopic (exact) mass is 477 g/mol. The van der Waals surface area contributed by atoms with E-state index in [4.69, 9.17) is 4.28 Å². The van der Waals surface area contributed by atoms with Crippen LogP contribution in [0, 0.1) is 0 Å². The highest BCUT2D eigenvalue weighted by atomic mass is 32.2. The van der Waals surface area contributed by atoms with Crippen LogP contribution >= 0.6 is 0 Å². The summed E-state index contributed by atoms with van der Waals surface area (Å²) in [5.41, 5.74) is 0.0136. The van der Waals surface area contributed by atoms with Gasteiger partial charge in [-0.1, -0.05) is 31.5 Å². The number of hydrogen-bond acceptors (Lipinski definition) is 5. The Morgan fingerprint density at radius 1 is 0.939 bits per heavy atom. The molecule has 0 saturated carbocycles. The number of benzene rings is 3. The maximum absolute atomic E-state index is 13.1. The fourth-order valence-corrected chi connectivity index (χ4v) is 4.58. The zero-order valence-electron chi connectivity index (χ0n) is 17.3. The number of carbonyl (C=O) groups excluding carboxylic acids is 2. The van der Waals surface area contributed by atoms with Crippen molar-refractivity contribution in [1.29, 1.82) is 0 Å². The molecule has 0 bridgehead atoms. The van der Waals surface area contributed by atoms with Crippen LogP contribution in [-0.4, -0.2) is 25.3 Å². The summed E-state index contributed by atoms with van der Waals surface area (Å²) in [6.07, 6.45) is -2.16. The van der Waals surface area contributed by atoms with Gasteiger partial charge in [0.25, 0.3) is 11.8 Å². The van der Waals surface area contributed by atoms with E-state index in [0.29, 0.717) is 41.5 Å². The van der Waals surface area contributed by atoms with E-state index < -0.39 is 38.6 Å². The number of halogens is 3. The fraction of sp³-hybridized carbons (Fsp3) is 0.217. The van der Waals surface area contributed by atoms with Crippen LogP contribution in [0.5, 0.6) is 0 Å². The van der Waals surface area contributed by atoms with E-state index in [9.17, 15) is 31.2 Å². The van der Waals surface area contributed by atoms with Crippen molar-refractivity contribution in [2.75, 3.05) is 0 Å². The van der Waals surface area contributed by atoms with Crippen LogP contribution in [0.4, 0.5) is 13.2 Å². The molecule has 0 saturated heterocycles. The number of imide groups is 1. The van der Waals surface area contributed by atoms with Crippen LogP contribution in [0.25, 0.3) is 10.8 Å². The van der Waals surface area contributed by atoms with Crippen molar-refractivity contribution in [3.63, 3.8) is 0 Å². The van der Waals surface area contributed by atoms with E-state index in [-0.39, 0.29) is 16.2 Å². The maximum Gasteiger partial charge on any atom is 0.416 e. The van der Waals surface area contributed by atoms with Crippen LogP contribution in [0.1, 0.15) is 51.6 Å². The average molecular weight is 477 g/mol. The summed E-state index contributed by atoms with van der Waals surface area (Å²) in [5.74, 6) is -1.94. The summed E-state index contributed by atoms with van der Waals surface area (Å²) in [6.45, 7) is 2.02. The lowest BCUT2D eigenvalue weighted by atomic mass is 9.92. The molecule has 0 unspecified atom stereocenters. The van der Waals surface area contributed by atoms with Crippen molar-refractivity contribution in [1.82, 2.24) is 5.06 Å². The summed E-state index contributed by atoms with van der Waals surface area (Å²) < 4.78 is 68.5. The first-order valence-corrected chi connectivity index (χ1v) is 11.5. The van der Waals surface area contributed by atoms with Crippen LogP contribution in [0.2, 0.25) is 0 Å². The van der Waals surface area contributed by atoms with Crippen molar-refractivity contribution in [3.8, 4) is 0 Å². The predicted octanol–water partition coefficient (Wildman–Crippen LogP) is 5.12. The Labute approximate surface area is 187 Å². The SMILES string of the molecule is CCCCc1cc2c3c(cccc3c1)C(=O)N(OS(=O)(=O)c1ccc(C(F)(F)F)cc1)C2=O. The lowest BCUT2D eigenvalue weighted by molar-refractivity contribution is -0.137. The Balaban J connectivity index is 1.72. The van der Waals surface area contributed by atoms with Crippen molar-refractivity contribution in [3.05, 3.63) is 76.9 Å². The van der Waals surface area contributed by atoms with Gasteiger partial charge in [-0.3, -0.25) is 9.59 Å². The molecule has 0 N–H and O–H groups in total. The summed E-state index contributed by atoms with van der Waals surface area (Å²) in [6, 6.07) is 10.9. The zero-order valence-corrected chi connectivity index (χ0v) is 18.2. The second kappa shape index (κ2) is 8.27. The molecule has 2 amide bonds. The topological polar surface area (TPSA) is 80.8 Å². The van der Waals surface area contributed by atoms with Gasteiger partial charge in [0.05, 0.1) is 21.6 Å². The van der Waals surface area contributed by atoms with Crippen molar-refractivity contribution in [2.24, 2.45) is 0 Å². The first kappa shape index (κ1) is 22.9. The normalized spacial score (nSPS) is 14.2. The molecule has 0 aromatic heterocycles. The van der Waals surface area contributed by atoms with Crippen molar-refractivity contribution < 1.29 is 35.5 Å². The third-order valence-corrected chi connectivity index (χ3v) is 6.52. The van der Waals surface area contributed by atoms with Crippen LogP contribution in [0.3, 0.4) is 0 Å². The molecule has 4 rings (SSSR count). The average Bonchev–Trinajstić information content (AvgIpc) is 2.78.